The Morgan fingerprint density at radius 3 is 2.62 bits per heavy atom. The third-order valence-electron chi connectivity index (χ3n) is 5.36. The van der Waals surface area contributed by atoms with Crippen LogP contribution in [0.2, 0.25) is 0 Å². The number of ether oxygens (including phenoxy) is 3. The van der Waals surface area contributed by atoms with Gasteiger partial charge in [0.25, 0.3) is 0 Å². The molecule has 1 N–H and O–H groups in total. The minimum absolute atomic E-state index is 0.170. The van der Waals surface area contributed by atoms with Crippen LogP contribution in [0, 0.1) is 0 Å². The number of aliphatic carboxylic acids is 1. The van der Waals surface area contributed by atoms with Crippen LogP contribution >= 0.6 is 34.4 Å². The maximum Gasteiger partial charge on any atom is 0.323 e. The summed E-state index contributed by atoms with van der Waals surface area (Å²) in [5, 5.41) is 9.08. The zero-order chi connectivity index (χ0) is 22.7. The molecule has 0 aromatic heterocycles. The van der Waals surface area contributed by atoms with Crippen LogP contribution in [0.1, 0.15) is 37.2 Å². The summed E-state index contributed by atoms with van der Waals surface area (Å²) in [5.41, 5.74) is 2.56. The molecule has 4 rings (SSSR count). The van der Waals surface area contributed by atoms with Crippen LogP contribution in [0.25, 0.3) is 0 Å². The second-order valence-electron chi connectivity index (χ2n) is 7.61. The number of carboxylic acid groups (broad SMARTS) is 1. The number of alkyl halides is 1. The van der Waals surface area contributed by atoms with Gasteiger partial charge in [-0.1, -0.05) is 18.2 Å². The zero-order valence-corrected chi connectivity index (χ0v) is 20.5. The quantitative estimate of drug-likeness (QED) is 0.344. The van der Waals surface area contributed by atoms with Gasteiger partial charge >= 0.3 is 5.97 Å². The number of nitrogens with zero attached hydrogens (tertiary/aromatic N) is 1. The molecule has 2 heterocycles. The molecule has 2 aliphatic heterocycles. The van der Waals surface area contributed by atoms with Crippen LogP contribution < -0.4 is 9.64 Å². The molecule has 0 aliphatic carbocycles. The number of hydrogen-bond donors (Lipinski definition) is 1. The minimum Gasteiger partial charge on any atom is -0.483 e. The molecule has 7 nitrogen and oxygen atoms in total. The van der Waals surface area contributed by atoms with E-state index in [1.54, 1.807) is 6.07 Å². The molecule has 2 aromatic rings. The summed E-state index contributed by atoms with van der Waals surface area (Å²) in [6.07, 6.45) is 1.59. The number of amides is 1. The zero-order valence-electron chi connectivity index (χ0n) is 17.5. The van der Waals surface area contributed by atoms with Crippen molar-refractivity contribution in [2.24, 2.45) is 0 Å². The number of aryl methyl sites for hydroxylation is 1. The summed E-state index contributed by atoms with van der Waals surface area (Å²) in [7, 11) is 0. The summed E-state index contributed by atoms with van der Waals surface area (Å²) >= 11 is 3.66. The van der Waals surface area contributed by atoms with Crippen molar-refractivity contribution in [3.8, 4) is 5.75 Å². The highest BCUT2D eigenvalue weighted by Gasteiger charge is 2.36. The summed E-state index contributed by atoms with van der Waals surface area (Å²) < 4.78 is 17.1. The Bertz CT molecular complexity index is 979. The highest BCUT2D eigenvalue weighted by Crippen LogP contribution is 2.43. The molecule has 2 aromatic carbocycles. The lowest BCUT2D eigenvalue weighted by molar-refractivity contribution is -0.382. The van der Waals surface area contributed by atoms with Gasteiger partial charge in [0, 0.05) is 10.5 Å². The van der Waals surface area contributed by atoms with Gasteiger partial charge in [-0.25, -0.2) is 0 Å². The molecule has 0 bridgehead atoms. The van der Waals surface area contributed by atoms with Gasteiger partial charge in [-0.05, 0) is 78.6 Å². The number of hydrogen-bond acceptors (Lipinski definition) is 6. The molecule has 9 heteroatoms. The second-order valence-corrected chi connectivity index (χ2v) is 9.48. The van der Waals surface area contributed by atoms with Gasteiger partial charge in [0.05, 0.1) is 10.9 Å². The van der Waals surface area contributed by atoms with Crippen molar-refractivity contribution in [2.75, 3.05) is 16.1 Å². The fourth-order valence-electron chi connectivity index (χ4n) is 3.79. The summed E-state index contributed by atoms with van der Waals surface area (Å²) in [6.45, 7) is 1.44. The molecule has 1 unspecified atom stereocenters. The third-order valence-corrected chi connectivity index (χ3v) is 6.99. The molecular formula is C23H24INO6S. The molecule has 1 saturated heterocycles. The van der Waals surface area contributed by atoms with Gasteiger partial charge in [0.15, 0.2) is 12.6 Å². The average Bonchev–Trinajstić information content (AvgIpc) is 2.75. The number of fused-ring (bicyclic) bond motifs is 1. The van der Waals surface area contributed by atoms with E-state index >= 15 is 0 Å². The van der Waals surface area contributed by atoms with E-state index in [0.29, 0.717) is 16.7 Å². The SMILES string of the molecule is CC1OC(c2ccc3c(c2)N(CC(=O)O)C(=O)C(CCCc2ccc(OCI)cc2)S3)O1. The number of carboxylic acids is 1. The summed E-state index contributed by atoms with van der Waals surface area (Å²) in [4.78, 5) is 26.9. The van der Waals surface area contributed by atoms with Crippen LogP contribution in [0.3, 0.4) is 0 Å². The van der Waals surface area contributed by atoms with Crippen molar-refractivity contribution in [1.29, 1.82) is 0 Å². The Morgan fingerprint density at radius 2 is 1.97 bits per heavy atom. The number of benzene rings is 2. The summed E-state index contributed by atoms with van der Waals surface area (Å²) in [5.74, 6) is -0.371. The van der Waals surface area contributed by atoms with Gasteiger partial charge in [-0.3, -0.25) is 14.5 Å². The van der Waals surface area contributed by atoms with Gasteiger partial charge in [-0.15, -0.1) is 11.8 Å². The molecule has 2 aliphatic rings. The van der Waals surface area contributed by atoms with Crippen LogP contribution in [0.4, 0.5) is 5.69 Å². The molecule has 1 atom stereocenters. The Labute approximate surface area is 204 Å². The average molecular weight is 569 g/mol. The number of thioether (sulfide) groups is 1. The van der Waals surface area contributed by atoms with Gasteiger partial charge in [-0.2, -0.15) is 0 Å². The molecule has 1 amide bonds. The number of carbonyl (C=O) groups is 2. The molecule has 170 valence electrons. The molecule has 0 saturated carbocycles. The molecular weight excluding hydrogens is 545 g/mol. The molecule has 32 heavy (non-hydrogen) atoms. The number of halogens is 1. The fourth-order valence-corrected chi connectivity index (χ4v) is 5.41. The highest BCUT2D eigenvalue weighted by atomic mass is 127. The Hall–Kier alpha value is -1.82. The van der Waals surface area contributed by atoms with E-state index in [-0.39, 0.29) is 24.0 Å². The van der Waals surface area contributed by atoms with E-state index < -0.39 is 12.3 Å². The first kappa shape index (κ1) is 23.3. The monoisotopic (exact) mass is 569 g/mol. The minimum atomic E-state index is -1.04. The predicted molar refractivity (Wildman–Crippen MR) is 129 cm³/mol. The van der Waals surface area contributed by atoms with Gasteiger partial charge in [0.1, 0.15) is 16.9 Å². The normalized spacial score (nSPS) is 22.2. The number of anilines is 1. The number of rotatable bonds is 9. The maximum atomic E-state index is 13.2. The van der Waals surface area contributed by atoms with E-state index in [1.807, 2.05) is 43.3 Å². The highest BCUT2D eigenvalue weighted by molar-refractivity contribution is 14.1. The fraction of sp³-hybridized carbons (Fsp3) is 0.391. The van der Waals surface area contributed by atoms with Gasteiger partial charge in [0.2, 0.25) is 5.91 Å². The van der Waals surface area contributed by atoms with Crippen LogP contribution in [-0.4, -0.2) is 39.7 Å². The maximum absolute atomic E-state index is 13.2. The van der Waals surface area contributed by atoms with E-state index in [9.17, 15) is 14.7 Å². The number of carbonyl (C=O) groups excluding carboxylic acids is 1. The third kappa shape index (κ3) is 5.38. The lowest BCUT2D eigenvalue weighted by atomic mass is 10.1. The standard InChI is InChI=1S/C23H24INO6S/c1-14-30-23(31-14)16-7-10-19-18(11-16)25(12-21(26)27)22(28)20(32-19)4-2-3-15-5-8-17(9-6-15)29-13-24/h5-11,14,20,23H,2-4,12-13H2,1H3,(H,26,27). The smallest absolute Gasteiger partial charge is 0.323 e. The molecule has 0 spiro atoms. The first-order valence-corrected chi connectivity index (χ1v) is 12.8. The van der Waals surface area contributed by atoms with Crippen LogP contribution in [0.5, 0.6) is 5.75 Å². The lowest BCUT2D eigenvalue weighted by Crippen LogP contribution is -2.44. The van der Waals surface area contributed by atoms with Crippen molar-refractivity contribution in [3.63, 3.8) is 0 Å². The van der Waals surface area contributed by atoms with E-state index in [0.717, 1.165) is 29.1 Å². The van der Waals surface area contributed by atoms with Crippen molar-refractivity contribution < 1.29 is 28.9 Å². The largest absolute Gasteiger partial charge is 0.483 e. The van der Waals surface area contributed by atoms with Gasteiger partial charge < -0.3 is 19.3 Å². The van der Waals surface area contributed by atoms with E-state index in [1.165, 1.54) is 22.2 Å². The lowest BCUT2D eigenvalue weighted by Gasteiger charge is -2.36. The van der Waals surface area contributed by atoms with Crippen molar-refractivity contribution in [1.82, 2.24) is 0 Å². The van der Waals surface area contributed by atoms with Crippen LogP contribution in [0.15, 0.2) is 47.4 Å². The Kier molecular flexibility index (Phi) is 7.59. The predicted octanol–water partition coefficient (Wildman–Crippen LogP) is 4.76. The van der Waals surface area contributed by atoms with Crippen LogP contribution in [-0.2, 0) is 25.5 Å². The van der Waals surface area contributed by atoms with E-state index in [2.05, 4.69) is 22.6 Å². The molecule has 1 fully saturated rings. The van der Waals surface area contributed by atoms with Crippen molar-refractivity contribution in [2.45, 2.75) is 48.9 Å². The first-order chi connectivity index (χ1) is 15.4. The second kappa shape index (κ2) is 10.4. The summed E-state index contributed by atoms with van der Waals surface area (Å²) in [6, 6.07) is 13.6. The Morgan fingerprint density at radius 1 is 1.22 bits per heavy atom. The molecule has 0 radical (unpaired) electrons. The first-order valence-electron chi connectivity index (χ1n) is 10.4. The van der Waals surface area contributed by atoms with E-state index in [4.69, 9.17) is 14.2 Å². The van der Waals surface area contributed by atoms with Crippen molar-refractivity contribution >= 4 is 51.9 Å². The Balaban J connectivity index is 1.44. The topological polar surface area (TPSA) is 85.3 Å². The van der Waals surface area contributed by atoms with Crippen molar-refractivity contribution in [3.05, 3.63) is 53.6 Å².